The van der Waals surface area contributed by atoms with Crippen LogP contribution in [0.25, 0.3) is 5.69 Å². The Morgan fingerprint density at radius 2 is 1.91 bits per heavy atom. The van der Waals surface area contributed by atoms with Crippen LogP contribution in [0.15, 0.2) is 47.6 Å². The number of hydrogen-bond acceptors (Lipinski definition) is 5. The number of anilines is 2. The minimum atomic E-state index is -0.0606. The smallest absolute Gasteiger partial charge is 0.234 e. The molecule has 4 rings (SSSR count). The molecule has 0 atom stereocenters. The first-order valence-corrected chi connectivity index (χ1v) is 12.3. The second-order valence-electron chi connectivity index (χ2n) is 8.32. The maximum atomic E-state index is 12.9. The molecule has 3 aromatic rings. The van der Waals surface area contributed by atoms with E-state index in [1.54, 1.807) is 0 Å². The fourth-order valence-electron chi connectivity index (χ4n) is 3.97. The normalized spacial score (nSPS) is 13.7. The van der Waals surface area contributed by atoms with Gasteiger partial charge in [0.2, 0.25) is 11.9 Å². The zero-order chi connectivity index (χ0) is 22.7. The van der Waals surface area contributed by atoms with Crippen molar-refractivity contribution in [3.05, 3.63) is 58.6 Å². The highest BCUT2D eigenvalue weighted by Crippen LogP contribution is 2.31. The first-order chi connectivity index (χ1) is 15.4. The summed E-state index contributed by atoms with van der Waals surface area (Å²) in [6.45, 7) is 8.19. The molecule has 2 aromatic carbocycles. The van der Waals surface area contributed by atoms with Crippen LogP contribution in [-0.2, 0) is 4.79 Å². The summed E-state index contributed by atoms with van der Waals surface area (Å²) in [5, 5.41) is 13.3. The highest BCUT2D eigenvalue weighted by molar-refractivity contribution is 7.99. The van der Waals surface area contributed by atoms with E-state index >= 15 is 0 Å². The minimum absolute atomic E-state index is 0.0606. The Balaban J connectivity index is 1.56. The third kappa shape index (κ3) is 4.94. The molecular weight excluding hydrogens is 442 g/mol. The standard InChI is InChI=1S/C24H28ClN5OS/c1-16(2)20-11-6-8-17(3)22(20)26-21(31)15-32-24-28-27-23(29-12-4-5-13-29)30(24)19-10-7-9-18(25)14-19/h6-11,14,16H,4-5,12-13,15H2,1-3H3,(H,26,31). The van der Waals surface area contributed by atoms with E-state index in [2.05, 4.69) is 40.3 Å². The number of benzene rings is 2. The summed E-state index contributed by atoms with van der Waals surface area (Å²) in [5.41, 5.74) is 4.00. The highest BCUT2D eigenvalue weighted by Gasteiger charge is 2.23. The lowest BCUT2D eigenvalue weighted by molar-refractivity contribution is -0.113. The fourth-order valence-corrected chi connectivity index (χ4v) is 4.90. The summed E-state index contributed by atoms with van der Waals surface area (Å²) in [6, 6.07) is 13.8. The third-order valence-electron chi connectivity index (χ3n) is 5.60. The first kappa shape index (κ1) is 22.7. The summed E-state index contributed by atoms with van der Waals surface area (Å²) in [6.07, 6.45) is 2.28. The molecule has 1 aliphatic heterocycles. The molecule has 8 heteroatoms. The molecule has 32 heavy (non-hydrogen) atoms. The zero-order valence-corrected chi connectivity index (χ0v) is 20.2. The van der Waals surface area contributed by atoms with Gasteiger partial charge in [-0.25, -0.2) is 0 Å². The van der Waals surface area contributed by atoms with E-state index in [0.717, 1.165) is 54.4 Å². The largest absolute Gasteiger partial charge is 0.341 e. The van der Waals surface area contributed by atoms with Gasteiger partial charge in [-0.15, -0.1) is 10.2 Å². The number of halogens is 1. The Morgan fingerprint density at radius 3 is 2.62 bits per heavy atom. The molecule has 0 unspecified atom stereocenters. The quantitative estimate of drug-likeness (QED) is 0.451. The van der Waals surface area contributed by atoms with Gasteiger partial charge in [0.15, 0.2) is 5.16 Å². The van der Waals surface area contributed by atoms with Crippen molar-refractivity contribution in [2.24, 2.45) is 0 Å². The Hall–Kier alpha value is -2.51. The predicted molar refractivity (Wildman–Crippen MR) is 132 cm³/mol. The lowest BCUT2D eigenvalue weighted by Gasteiger charge is -2.18. The number of carbonyl (C=O) groups excluding carboxylic acids is 1. The van der Waals surface area contributed by atoms with Crippen molar-refractivity contribution in [2.45, 2.75) is 44.7 Å². The van der Waals surface area contributed by atoms with Crippen LogP contribution in [0.3, 0.4) is 0 Å². The minimum Gasteiger partial charge on any atom is -0.341 e. The van der Waals surface area contributed by atoms with Gasteiger partial charge in [0.1, 0.15) is 0 Å². The van der Waals surface area contributed by atoms with Crippen molar-refractivity contribution in [3.63, 3.8) is 0 Å². The maximum absolute atomic E-state index is 12.9. The summed E-state index contributed by atoms with van der Waals surface area (Å²) in [5.74, 6) is 1.31. The van der Waals surface area contributed by atoms with Gasteiger partial charge in [0.05, 0.1) is 11.4 Å². The molecule has 0 aliphatic carbocycles. The fraction of sp³-hybridized carbons (Fsp3) is 0.375. The Labute approximate surface area is 198 Å². The molecule has 6 nitrogen and oxygen atoms in total. The number of aryl methyl sites for hydroxylation is 1. The Morgan fingerprint density at radius 1 is 1.16 bits per heavy atom. The second kappa shape index (κ2) is 9.96. The van der Waals surface area contributed by atoms with Gasteiger partial charge in [-0.05, 0) is 55.0 Å². The number of hydrogen-bond donors (Lipinski definition) is 1. The van der Waals surface area contributed by atoms with E-state index in [1.165, 1.54) is 11.8 Å². The Bertz CT molecular complexity index is 1110. The van der Waals surface area contributed by atoms with Crippen molar-refractivity contribution in [1.29, 1.82) is 0 Å². The van der Waals surface area contributed by atoms with E-state index < -0.39 is 0 Å². The van der Waals surface area contributed by atoms with Crippen molar-refractivity contribution >= 4 is 40.9 Å². The first-order valence-electron chi connectivity index (χ1n) is 10.9. The number of amides is 1. The summed E-state index contributed by atoms with van der Waals surface area (Å²) in [7, 11) is 0. The number of aromatic nitrogens is 3. The number of nitrogens with zero attached hydrogens (tertiary/aromatic N) is 4. The van der Waals surface area contributed by atoms with E-state index in [-0.39, 0.29) is 11.7 Å². The number of nitrogens with one attached hydrogen (secondary N) is 1. The van der Waals surface area contributed by atoms with Gasteiger partial charge in [0.25, 0.3) is 0 Å². The van der Waals surface area contributed by atoms with Gasteiger partial charge >= 0.3 is 0 Å². The molecule has 1 aromatic heterocycles. The van der Waals surface area contributed by atoms with Gasteiger partial charge in [-0.1, -0.05) is 61.5 Å². The molecule has 1 N–H and O–H groups in total. The molecule has 0 saturated carbocycles. The third-order valence-corrected chi connectivity index (χ3v) is 6.76. The zero-order valence-electron chi connectivity index (χ0n) is 18.6. The molecule has 0 bridgehead atoms. The molecule has 168 valence electrons. The topological polar surface area (TPSA) is 63.1 Å². The lowest BCUT2D eigenvalue weighted by atomic mass is 9.98. The van der Waals surface area contributed by atoms with Gasteiger partial charge in [-0.3, -0.25) is 9.36 Å². The van der Waals surface area contributed by atoms with Crippen LogP contribution in [0.4, 0.5) is 11.6 Å². The second-order valence-corrected chi connectivity index (χ2v) is 9.70. The number of rotatable bonds is 7. The summed E-state index contributed by atoms with van der Waals surface area (Å²) >= 11 is 7.64. The van der Waals surface area contributed by atoms with Crippen molar-refractivity contribution < 1.29 is 4.79 Å². The van der Waals surface area contributed by atoms with Gasteiger partial charge in [0, 0.05) is 23.8 Å². The average molecular weight is 470 g/mol. The van der Waals surface area contributed by atoms with E-state index in [1.807, 2.05) is 47.9 Å². The predicted octanol–water partition coefficient (Wildman–Crippen LogP) is 5.68. The van der Waals surface area contributed by atoms with Crippen molar-refractivity contribution in [1.82, 2.24) is 14.8 Å². The van der Waals surface area contributed by atoms with Gasteiger partial charge in [-0.2, -0.15) is 0 Å². The van der Waals surface area contributed by atoms with E-state index in [9.17, 15) is 4.79 Å². The van der Waals surface area contributed by atoms with Crippen molar-refractivity contribution in [3.8, 4) is 5.69 Å². The van der Waals surface area contributed by atoms with Crippen LogP contribution < -0.4 is 10.2 Å². The average Bonchev–Trinajstić information content (AvgIpc) is 3.43. The Kier molecular flexibility index (Phi) is 7.06. The van der Waals surface area contributed by atoms with E-state index in [4.69, 9.17) is 11.6 Å². The van der Waals surface area contributed by atoms with Crippen LogP contribution in [0.1, 0.15) is 43.7 Å². The van der Waals surface area contributed by atoms with E-state index in [0.29, 0.717) is 16.1 Å². The number of thioether (sulfide) groups is 1. The molecule has 1 aliphatic rings. The molecule has 1 saturated heterocycles. The number of carbonyl (C=O) groups is 1. The van der Waals surface area contributed by atoms with Crippen LogP contribution in [0, 0.1) is 6.92 Å². The molecular formula is C24H28ClN5OS. The summed E-state index contributed by atoms with van der Waals surface area (Å²) < 4.78 is 2.00. The van der Waals surface area contributed by atoms with Crippen LogP contribution >= 0.6 is 23.4 Å². The molecule has 1 fully saturated rings. The van der Waals surface area contributed by atoms with Crippen molar-refractivity contribution in [2.75, 3.05) is 29.1 Å². The molecule has 0 spiro atoms. The monoisotopic (exact) mass is 469 g/mol. The van der Waals surface area contributed by atoms with Crippen LogP contribution in [0.2, 0.25) is 5.02 Å². The summed E-state index contributed by atoms with van der Waals surface area (Å²) in [4.78, 5) is 15.1. The molecule has 1 amide bonds. The molecule has 2 heterocycles. The van der Waals surface area contributed by atoms with Gasteiger partial charge < -0.3 is 10.2 Å². The SMILES string of the molecule is Cc1cccc(C(C)C)c1NC(=O)CSc1nnc(N2CCCC2)n1-c1cccc(Cl)c1. The molecule has 0 radical (unpaired) electrons. The highest BCUT2D eigenvalue weighted by atomic mass is 35.5. The van der Waals surface area contributed by atoms with Crippen LogP contribution in [-0.4, -0.2) is 39.5 Å². The maximum Gasteiger partial charge on any atom is 0.234 e. The van der Waals surface area contributed by atoms with Crippen LogP contribution in [0.5, 0.6) is 0 Å². The number of para-hydroxylation sites is 1. The lowest BCUT2D eigenvalue weighted by Crippen LogP contribution is -2.22.